The number of cyclic esters (lactones) is 1. The molecular formula is C14H14O11. The van der Waals surface area contributed by atoms with E-state index in [1.165, 1.54) is 6.92 Å². The van der Waals surface area contributed by atoms with E-state index in [9.17, 15) is 39.9 Å². The van der Waals surface area contributed by atoms with Gasteiger partial charge in [0, 0.05) is 0 Å². The number of carbonyl (C=O) groups is 3. The fourth-order valence-electron chi connectivity index (χ4n) is 2.30. The van der Waals surface area contributed by atoms with E-state index >= 15 is 0 Å². The van der Waals surface area contributed by atoms with Crippen LogP contribution < -0.4 is 0 Å². The molecule has 0 bridgehead atoms. The van der Waals surface area contributed by atoms with Gasteiger partial charge in [-0.2, -0.15) is 0 Å². The maximum atomic E-state index is 12.1. The third-order valence-electron chi connectivity index (χ3n) is 3.58. The highest BCUT2D eigenvalue weighted by Crippen LogP contribution is 2.40. The standard InChI is InChI=1S/C14H14O11/c1-3-2-4(15)6(16)7(17)5(3)13(22)25-11-8(18)10(24-14(11)23)9(19)12(20)21/h2,8-11,15-19H,1H3,(H,20,21)/t8-,9-,10+,11+/m0/s1. The minimum absolute atomic E-state index is 0.0132. The summed E-state index contributed by atoms with van der Waals surface area (Å²) < 4.78 is 9.22. The second-order valence-corrected chi connectivity index (χ2v) is 5.29. The van der Waals surface area contributed by atoms with E-state index in [0.717, 1.165) is 6.07 Å². The van der Waals surface area contributed by atoms with Crippen molar-refractivity contribution in [3.63, 3.8) is 0 Å². The lowest BCUT2D eigenvalue weighted by atomic mass is 10.0. The van der Waals surface area contributed by atoms with Crippen molar-refractivity contribution in [2.75, 3.05) is 0 Å². The molecular weight excluding hydrogens is 344 g/mol. The van der Waals surface area contributed by atoms with Gasteiger partial charge in [-0.05, 0) is 18.6 Å². The van der Waals surface area contributed by atoms with Crippen molar-refractivity contribution in [3.8, 4) is 17.2 Å². The molecule has 0 spiro atoms. The summed E-state index contributed by atoms with van der Waals surface area (Å²) in [6.07, 6.45) is -8.03. The zero-order chi connectivity index (χ0) is 19.0. The smallest absolute Gasteiger partial charge is 0.350 e. The number of ether oxygens (including phenoxy) is 2. The Morgan fingerprint density at radius 2 is 1.84 bits per heavy atom. The molecule has 1 saturated heterocycles. The van der Waals surface area contributed by atoms with Crippen molar-refractivity contribution in [3.05, 3.63) is 17.2 Å². The first-order valence-corrected chi connectivity index (χ1v) is 6.81. The number of aromatic hydroxyl groups is 3. The molecule has 1 aromatic carbocycles. The van der Waals surface area contributed by atoms with Crippen LogP contribution >= 0.6 is 0 Å². The zero-order valence-corrected chi connectivity index (χ0v) is 12.6. The number of carbonyl (C=O) groups excluding carboxylic acids is 2. The number of hydrogen-bond donors (Lipinski definition) is 6. The lowest BCUT2D eigenvalue weighted by Gasteiger charge is -2.18. The van der Waals surface area contributed by atoms with E-state index in [0.29, 0.717) is 0 Å². The van der Waals surface area contributed by atoms with Crippen LogP contribution in [0.3, 0.4) is 0 Å². The molecule has 11 heteroatoms. The molecule has 1 aliphatic heterocycles. The van der Waals surface area contributed by atoms with Crippen LogP contribution in [-0.2, 0) is 19.1 Å². The van der Waals surface area contributed by atoms with Crippen LogP contribution in [0.1, 0.15) is 15.9 Å². The maximum absolute atomic E-state index is 12.1. The SMILES string of the molecule is Cc1cc(O)c(O)c(O)c1C(=O)O[C@H]1C(=O)O[C@@H]([C@H](O)C(=O)O)[C@@H]1O. The number of rotatable bonds is 4. The number of carboxylic acids is 1. The Kier molecular flexibility index (Phi) is 4.72. The molecule has 4 atom stereocenters. The third-order valence-corrected chi connectivity index (χ3v) is 3.58. The van der Waals surface area contributed by atoms with Gasteiger partial charge in [-0.15, -0.1) is 0 Å². The Morgan fingerprint density at radius 1 is 1.24 bits per heavy atom. The van der Waals surface area contributed by atoms with Gasteiger partial charge in [0.1, 0.15) is 11.7 Å². The minimum Gasteiger partial charge on any atom is -0.504 e. The molecule has 1 aromatic rings. The molecule has 1 aliphatic rings. The first kappa shape index (κ1) is 18.3. The van der Waals surface area contributed by atoms with Crippen LogP contribution in [-0.4, -0.2) is 73.0 Å². The van der Waals surface area contributed by atoms with Crippen LogP contribution in [0.25, 0.3) is 0 Å². The topological polar surface area (TPSA) is 191 Å². The van der Waals surface area contributed by atoms with Gasteiger partial charge in [0.2, 0.25) is 11.9 Å². The Balaban J connectivity index is 2.26. The molecule has 0 amide bonds. The Labute approximate surface area is 139 Å². The number of hydrogen-bond acceptors (Lipinski definition) is 10. The summed E-state index contributed by atoms with van der Waals surface area (Å²) in [4.78, 5) is 34.5. The van der Waals surface area contributed by atoms with E-state index in [2.05, 4.69) is 4.74 Å². The van der Waals surface area contributed by atoms with Crippen molar-refractivity contribution in [1.82, 2.24) is 0 Å². The van der Waals surface area contributed by atoms with Gasteiger partial charge in [-0.3, -0.25) is 0 Å². The first-order chi connectivity index (χ1) is 11.6. The van der Waals surface area contributed by atoms with Crippen molar-refractivity contribution < 1.29 is 54.5 Å². The van der Waals surface area contributed by atoms with Gasteiger partial charge in [0.15, 0.2) is 23.7 Å². The predicted octanol–water partition coefficient (Wildman–Crippen LogP) is -1.63. The fraction of sp³-hybridized carbons (Fsp3) is 0.357. The number of benzene rings is 1. The second-order valence-electron chi connectivity index (χ2n) is 5.29. The van der Waals surface area contributed by atoms with Gasteiger partial charge in [-0.25, -0.2) is 14.4 Å². The highest BCUT2D eigenvalue weighted by atomic mass is 16.6. The number of aliphatic carboxylic acids is 1. The second kappa shape index (κ2) is 6.45. The van der Waals surface area contributed by atoms with Crippen LogP contribution in [0.5, 0.6) is 17.2 Å². The van der Waals surface area contributed by atoms with E-state index in [-0.39, 0.29) is 5.56 Å². The Bertz CT molecular complexity index is 741. The molecule has 6 N–H and O–H groups in total. The summed E-state index contributed by atoms with van der Waals surface area (Å²) in [6.45, 7) is 1.29. The van der Waals surface area contributed by atoms with E-state index < -0.39 is 65.1 Å². The highest BCUT2D eigenvalue weighted by Gasteiger charge is 2.51. The van der Waals surface area contributed by atoms with Crippen molar-refractivity contribution >= 4 is 17.9 Å². The summed E-state index contributed by atoms with van der Waals surface area (Å²) in [6, 6.07) is 0.950. The van der Waals surface area contributed by atoms with Gasteiger partial charge in [0.25, 0.3) is 0 Å². The minimum atomic E-state index is -2.24. The van der Waals surface area contributed by atoms with Gasteiger partial charge >= 0.3 is 17.9 Å². The predicted molar refractivity (Wildman–Crippen MR) is 74.9 cm³/mol. The third kappa shape index (κ3) is 3.14. The molecule has 2 rings (SSSR count). The number of aryl methyl sites for hydroxylation is 1. The van der Waals surface area contributed by atoms with Crippen LogP contribution in [0, 0.1) is 6.92 Å². The average molecular weight is 358 g/mol. The number of phenolic OH excluding ortho intramolecular Hbond substituents is 3. The summed E-state index contributed by atoms with van der Waals surface area (Å²) in [5.41, 5.74) is -0.599. The molecule has 25 heavy (non-hydrogen) atoms. The molecule has 0 radical (unpaired) electrons. The summed E-state index contributed by atoms with van der Waals surface area (Å²) in [7, 11) is 0. The lowest BCUT2D eigenvalue weighted by Crippen LogP contribution is -2.43. The van der Waals surface area contributed by atoms with Crippen LogP contribution in [0.15, 0.2) is 6.07 Å². The summed E-state index contributed by atoms with van der Waals surface area (Å²) >= 11 is 0. The van der Waals surface area contributed by atoms with Crippen LogP contribution in [0.2, 0.25) is 0 Å². The molecule has 0 unspecified atom stereocenters. The maximum Gasteiger partial charge on any atom is 0.350 e. The van der Waals surface area contributed by atoms with Gasteiger partial charge < -0.3 is 40.1 Å². The molecule has 11 nitrogen and oxygen atoms in total. The number of phenols is 3. The number of esters is 2. The first-order valence-electron chi connectivity index (χ1n) is 6.81. The largest absolute Gasteiger partial charge is 0.504 e. The van der Waals surface area contributed by atoms with Gasteiger partial charge in [0.05, 0.1) is 0 Å². The van der Waals surface area contributed by atoms with Crippen molar-refractivity contribution in [2.45, 2.75) is 31.3 Å². The van der Waals surface area contributed by atoms with E-state index in [1.54, 1.807) is 0 Å². The highest BCUT2D eigenvalue weighted by molar-refractivity contribution is 5.97. The van der Waals surface area contributed by atoms with E-state index in [4.69, 9.17) is 9.84 Å². The summed E-state index contributed by atoms with van der Waals surface area (Å²) in [5, 5.41) is 56.4. The molecule has 136 valence electrons. The molecule has 1 heterocycles. The molecule has 0 aliphatic carbocycles. The summed E-state index contributed by atoms with van der Waals surface area (Å²) in [5.74, 6) is -7.11. The normalized spacial score (nSPS) is 23.8. The van der Waals surface area contributed by atoms with Gasteiger partial charge in [-0.1, -0.05) is 0 Å². The average Bonchev–Trinajstić information content (AvgIpc) is 2.80. The fourth-order valence-corrected chi connectivity index (χ4v) is 2.30. The number of aliphatic hydroxyl groups excluding tert-OH is 2. The van der Waals surface area contributed by atoms with E-state index in [1.807, 2.05) is 0 Å². The number of carboxylic acid groups (broad SMARTS) is 1. The molecule has 1 fully saturated rings. The molecule has 0 aromatic heterocycles. The quantitative estimate of drug-likeness (QED) is 0.267. The molecule has 0 saturated carbocycles. The van der Waals surface area contributed by atoms with Crippen molar-refractivity contribution in [2.24, 2.45) is 0 Å². The number of aliphatic hydroxyl groups is 2. The Morgan fingerprint density at radius 3 is 2.40 bits per heavy atom. The van der Waals surface area contributed by atoms with Crippen LogP contribution in [0.4, 0.5) is 0 Å². The lowest BCUT2D eigenvalue weighted by molar-refractivity contribution is -0.161. The Hall–Kier alpha value is -3.05. The zero-order valence-electron chi connectivity index (χ0n) is 12.6. The monoisotopic (exact) mass is 358 g/mol. The van der Waals surface area contributed by atoms with Crippen molar-refractivity contribution in [1.29, 1.82) is 0 Å².